The molecule has 83 heavy (non-hydrogen) atoms. The molecule has 0 spiro atoms. The van der Waals surface area contributed by atoms with Gasteiger partial charge in [0.25, 0.3) is 10.1 Å². The molecule has 0 aliphatic heterocycles. The fourth-order valence-electron chi connectivity index (χ4n) is 10.1. The van der Waals surface area contributed by atoms with Gasteiger partial charge in [-0.15, -0.1) is 4.33 Å². The van der Waals surface area contributed by atoms with Crippen LogP contribution in [0.2, 0.25) is 0 Å². The largest absolute Gasteiger partial charge is 0.495 e. The van der Waals surface area contributed by atoms with E-state index in [9.17, 15) is 28.3 Å². The number of ketones is 1. The van der Waals surface area contributed by atoms with E-state index >= 15 is 0 Å². The number of hydrogen-bond donors (Lipinski definition) is 2. The van der Waals surface area contributed by atoms with Crippen molar-refractivity contribution in [2.24, 2.45) is 0 Å². The number of nitriles is 2. The van der Waals surface area contributed by atoms with Crippen molar-refractivity contribution in [3.05, 3.63) is 268 Å². The molecule has 408 valence electrons. The second-order valence-corrected chi connectivity index (χ2v) is 22.0. The molecular formula is C66H44N2O12S3. The molecule has 17 heteroatoms. The lowest BCUT2D eigenvalue weighted by Crippen LogP contribution is -2.28. The van der Waals surface area contributed by atoms with E-state index in [0.29, 0.717) is 57.9 Å². The highest BCUT2D eigenvalue weighted by Gasteiger charge is 2.46. The second kappa shape index (κ2) is 23.8. The highest BCUT2D eigenvalue weighted by molar-refractivity contribution is 7.99. The van der Waals surface area contributed by atoms with Gasteiger partial charge in [-0.05, 0) is 173 Å². The number of carbonyl (C=O) groups is 1. The third-order valence-corrected chi connectivity index (χ3v) is 16.3. The molecule has 0 fully saturated rings. The van der Waals surface area contributed by atoms with Gasteiger partial charge in [0.1, 0.15) is 74.3 Å². The highest BCUT2D eigenvalue weighted by atomic mass is 32.2. The number of methoxy groups -OCH3 is 1. The van der Waals surface area contributed by atoms with E-state index < -0.39 is 26.2 Å². The van der Waals surface area contributed by atoms with Gasteiger partial charge in [-0.3, -0.25) is 9.35 Å². The molecule has 10 aromatic rings. The maximum absolute atomic E-state index is 13.5. The Morgan fingerprint density at radius 3 is 1.45 bits per heavy atom. The summed E-state index contributed by atoms with van der Waals surface area (Å²) in [4.78, 5) is 14.9. The van der Waals surface area contributed by atoms with E-state index in [1.165, 1.54) is 49.2 Å². The Hall–Kier alpha value is -9.66. The van der Waals surface area contributed by atoms with E-state index in [0.717, 1.165) is 54.8 Å². The highest BCUT2D eigenvalue weighted by Crippen LogP contribution is 2.56. The zero-order valence-corrected chi connectivity index (χ0v) is 46.3. The first-order chi connectivity index (χ1) is 40.4. The predicted octanol–water partition coefficient (Wildman–Crippen LogP) is 16.3. The third-order valence-electron chi connectivity index (χ3n) is 13.8. The molecule has 11 rings (SSSR count). The quantitative estimate of drug-likeness (QED) is 0.0254. The van der Waals surface area contributed by atoms with Gasteiger partial charge in [-0.1, -0.05) is 108 Å². The average molecular weight is 1150 g/mol. The normalized spacial score (nSPS) is 12.0. The topological polar surface area (TPSA) is 204 Å². The first-order valence-electron chi connectivity index (χ1n) is 25.4. The first kappa shape index (κ1) is 55.3. The minimum absolute atomic E-state index is 0.0432. The van der Waals surface area contributed by atoms with Crippen LogP contribution in [0.15, 0.2) is 238 Å². The van der Waals surface area contributed by atoms with Crippen LogP contribution in [0.25, 0.3) is 11.1 Å². The summed E-state index contributed by atoms with van der Waals surface area (Å²) < 4.78 is 68.5. The van der Waals surface area contributed by atoms with Crippen LogP contribution < -0.4 is 23.7 Å². The summed E-state index contributed by atoms with van der Waals surface area (Å²) in [6, 6.07) is 70.9. The van der Waals surface area contributed by atoms with E-state index in [4.69, 9.17) is 28.9 Å². The standard InChI is InChI=1S/C66H44N2O12S3/c1-41-9-7-14-58(54(41)39-67)75-46-23-19-44(20-24-46)66(56-12-5-3-10-52(56)53-11-4-6-13-57(53)66)45-21-25-47(26-22-45)76-59-15-8-16-60(55(59)40-68)77-48-27-31-50(32-28-48)81-51-33-29-49(30-34-51)78-61-35-17-42(37-63(61)82-80-79-70)65(69)43-18-36-62(74-2)64(38-43)83(71,72)73/h3-38,70H,1-2H3,(H,71,72,73). The van der Waals surface area contributed by atoms with Gasteiger partial charge in [0.2, 0.25) is 0 Å². The van der Waals surface area contributed by atoms with Crippen molar-refractivity contribution in [3.8, 4) is 75.0 Å². The first-order valence-corrected chi connectivity index (χ1v) is 28.4. The van der Waals surface area contributed by atoms with Crippen LogP contribution in [-0.2, 0) is 24.9 Å². The lowest BCUT2D eigenvalue weighted by molar-refractivity contribution is -0.432. The number of carbonyl (C=O) groups excluding carboxylic acids is 1. The Morgan fingerprint density at radius 1 is 0.518 bits per heavy atom. The lowest BCUT2D eigenvalue weighted by Gasteiger charge is -2.34. The van der Waals surface area contributed by atoms with Crippen molar-refractivity contribution in [1.82, 2.24) is 0 Å². The predicted molar refractivity (Wildman–Crippen MR) is 311 cm³/mol. The Balaban J connectivity index is 0.772. The zero-order chi connectivity index (χ0) is 57.7. The fourth-order valence-corrected chi connectivity index (χ4v) is 12.0. The van der Waals surface area contributed by atoms with Crippen molar-refractivity contribution in [1.29, 1.82) is 10.5 Å². The molecule has 0 bridgehead atoms. The number of benzene rings is 10. The molecule has 0 heterocycles. The van der Waals surface area contributed by atoms with E-state index in [-0.39, 0.29) is 33.1 Å². The van der Waals surface area contributed by atoms with Gasteiger partial charge < -0.3 is 23.7 Å². The number of hydrogen-bond acceptors (Lipinski definition) is 15. The Morgan fingerprint density at radius 2 is 0.964 bits per heavy atom. The molecule has 0 amide bonds. The number of rotatable bonds is 19. The number of fused-ring (bicyclic) bond motifs is 3. The van der Waals surface area contributed by atoms with E-state index in [1.54, 1.807) is 36.4 Å². The van der Waals surface area contributed by atoms with E-state index in [1.807, 2.05) is 79.7 Å². The molecule has 0 atom stereocenters. The van der Waals surface area contributed by atoms with Crippen LogP contribution in [0.1, 0.15) is 54.9 Å². The minimum atomic E-state index is -4.70. The molecule has 1 aliphatic rings. The molecule has 2 N–H and O–H groups in total. The Labute approximate surface area is 486 Å². The van der Waals surface area contributed by atoms with E-state index in [2.05, 4.69) is 94.3 Å². The molecular weight excluding hydrogens is 1110 g/mol. The molecule has 0 saturated heterocycles. The second-order valence-electron chi connectivity index (χ2n) is 18.7. The molecule has 14 nitrogen and oxygen atoms in total. The van der Waals surface area contributed by atoms with Gasteiger partial charge >= 0.3 is 0 Å². The summed E-state index contributed by atoms with van der Waals surface area (Å²) in [7, 11) is -3.47. The summed E-state index contributed by atoms with van der Waals surface area (Å²) in [6.45, 7) is 1.89. The summed E-state index contributed by atoms with van der Waals surface area (Å²) in [6.07, 6.45) is 0. The number of nitrogens with zero attached hydrogens (tertiary/aromatic N) is 2. The molecule has 1 aliphatic carbocycles. The molecule has 0 unspecified atom stereocenters. The van der Waals surface area contributed by atoms with Crippen molar-refractivity contribution in [2.75, 3.05) is 7.11 Å². The van der Waals surface area contributed by atoms with Crippen molar-refractivity contribution >= 4 is 39.7 Å². The SMILES string of the molecule is COc1ccc(C(=O)c2ccc(Oc3ccc(Sc4ccc(Oc5cccc(Oc6ccc(C7(c8ccc(Oc9cccc(C)c9C#N)cc8)c8ccccc8-c8ccccc87)cc6)c5C#N)cc4)cc3)c(SOOO)c2)cc1S(=O)(=O)O. The maximum Gasteiger partial charge on any atom is 0.298 e. The fraction of sp³-hybridized carbons (Fsp3) is 0.0455. The van der Waals surface area contributed by atoms with Gasteiger partial charge in [-0.2, -0.15) is 18.9 Å². The van der Waals surface area contributed by atoms with Crippen LogP contribution in [0.3, 0.4) is 0 Å². The summed E-state index contributed by atoms with van der Waals surface area (Å²) in [5.74, 6) is 2.73. The monoisotopic (exact) mass is 1150 g/mol. The smallest absolute Gasteiger partial charge is 0.298 e. The molecule has 0 radical (unpaired) electrons. The van der Waals surface area contributed by atoms with Crippen molar-refractivity contribution < 1.29 is 56.1 Å². The van der Waals surface area contributed by atoms with Gasteiger partial charge in [-0.25, -0.2) is 5.26 Å². The summed E-state index contributed by atoms with van der Waals surface area (Å²) in [5.41, 5.74) is 7.48. The number of ether oxygens (including phenoxy) is 5. The van der Waals surface area contributed by atoms with Gasteiger partial charge in [0.15, 0.2) is 5.78 Å². The molecule has 10 aromatic carbocycles. The average Bonchev–Trinajstić information content (AvgIpc) is 2.34. The Bertz CT molecular complexity index is 4250. The zero-order valence-electron chi connectivity index (χ0n) is 43.9. The van der Waals surface area contributed by atoms with Crippen LogP contribution in [0, 0.1) is 29.6 Å². The van der Waals surface area contributed by atoms with Crippen molar-refractivity contribution in [3.63, 3.8) is 0 Å². The summed E-state index contributed by atoms with van der Waals surface area (Å²) >= 11 is 2.06. The van der Waals surface area contributed by atoms with Gasteiger partial charge in [0, 0.05) is 20.9 Å². The summed E-state index contributed by atoms with van der Waals surface area (Å²) in [5, 5.41) is 33.0. The minimum Gasteiger partial charge on any atom is -0.495 e. The van der Waals surface area contributed by atoms with Crippen LogP contribution >= 0.6 is 23.8 Å². The number of aryl methyl sites for hydroxylation is 1. The third kappa shape index (κ3) is 11.3. The molecule has 0 aromatic heterocycles. The van der Waals surface area contributed by atoms with Crippen LogP contribution in [-0.4, -0.2) is 31.1 Å². The van der Waals surface area contributed by atoms with Crippen LogP contribution in [0.5, 0.6) is 51.7 Å². The molecule has 0 saturated carbocycles. The lowest BCUT2D eigenvalue weighted by atomic mass is 9.68. The van der Waals surface area contributed by atoms with Crippen molar-refractivity contribution in [2.45, 2.75) is 31.9 Å². The maximum atomic E-state index is 13.5. The Kier molecular flexibility index (Phi) is 15.9. The van der Waals surface area contributed by atoms with Crippen LogP contribution in [0.4, 0.5) is 0 Å². The van der Waals surface area contributed by atoms with Gasteiger partial charge in [0.05, 0.1) is 35.0 Å².